The number of ether oxygens (including phenoxy) is 2. The normalized spacial score (nSPS) is 16.3. The molecule has 1 aliphatic rings. The molecule has 2 aromatic rings. The Morgan fingerprint density at radius 1 is 1.20 bits per heavy atom. The summed E-state index contributed by atoms with van der Waals surface area (Å²) < 4.78 is 10.1. The van der Waals surface area contributed by atoms with Crippen LogP contribution < -0.4 is 20.3 Å². The summed E-state index contributed by atoms with van der Waals surface area (Å²) in [5, 5.41) is 6.85. The number of rotatable bonds is 7. The van der Waals surface area contributed by atoms with Crippen LogP contribution >= 0.6 is 0 Å². The van der Waals surface area contributed by atoms with Crippen molar-refractivity contribution in [3.8, 4) is 5.75 Å². The Labute approximate surface area is 178 Å². The standard InChI is InChI=1S/C23H30N4O3/c1-4-24-23(26-18-12-13-27(16-18)19-8-6-5-7-9-19)25-15-17-10-11-21(29-2)20(14-17)22(28)30-3/h5-11,14,18H,4,12-13,15-16H2,1-3H3,(H2,24,25,26). The summed E-state index contributed by atoms with van der Waals surface area (Å²) in [6.45, 7) is 5.21. The molecule has 160 valence electrons. The Morgan fingerprint density at radius 2 is 2.00 bits per heavy atom. The van der Waals surface area contributed by atoms with E-state index in [0.717, 1.165) is 37.6 Å². The van der Waals surface area contributed by atoms with Crippen molar-refractivity contribution in [1.29, 1.82) is 0 Å². The fourth-order valence-corrected chi connectivity index (χ4v) is 3.56. The molecule has 3 rings (SSSR count). The summed E-state index contributed by atoms with van der Waals surface area (Å²) in [6, 6.07) is 16.2. The van der Waals surface area contributed by atoms with Crippen molar-refractivity contribution in [3.05, 3.63) is 59.7 Å². The van der Waals surface area contributed by atoms with Crippen LogP contribution in [0, 0.1) is 0 Å². The molecule has 0 aromatic heterocycles. The van der Waals surface area contributed by atoms with E-state index in [2.05, 4.69) is 39.8 Å². The first-order chi connectivity index (χ1) is 14.6. The van der Waals surface area contributed by atoms with Gasteiger partial charge in [-0.2, -0.15) is 0 Å². The fraction of sp³-hybridized carbons (Fsp3) is 0.391. The van der Waals surface area contributed by atoms with Gasteiger partial charge in [0.05, 0.1) is 20.8 Å². The van der Waals surface area contributed by atoms with Crippen LogP contribution in [0.5, 0.6) is 5.75 Å². The van der Waals surface area contributed by atoms with Crippen molar-refractivity contribution in [2.75, 3.05) is 38.8 Å². The number of aliphatic imine (C=N–C) groups is 1. The summed E-state index contributed by atoms with van der Waals surface area (Å²) >= 11 is 0. The molecule has 1 atom stereocenters. The van der Waals surface area contributed by atoms with Gasteiger partial charge in [0.2, 0.25) is 0 Å². The first kappa shape index (κ1) is 21.5. The highest BCUT2D eigenvalue weighted by Gasteiger charge is 2.23. The van der Waals surface area contributed by atoms with Crippen molar-refractivity contribution >= 4 is 17.6 Å². The molecular weight excluding hydrogens is 380 g/mol. The number of hydrogen-bond donors (Lipinski definition) is 2. The number of carbonyl (C=O) groups excluding carboxylic acids is 1. The second-order valence-electron chi connectivity index (χ2n) is 7.13. The number of carbonyl (C=O) groups is 1. The van der Waals surface area contributed by atoms with Crippen molar-refractivity contribution in [2.24, 2.45) is 4.99 Å². The average Bonchev–Trinajstić information content (AvgIpc) is 3.26. The lowest BCUT2D eigenvalue weighted by Gasteiger charge is -2.20. The SMILES string of the molecule is CCNC(=NCc1ccc(OC)c(C(=O)OC)c1)NC1CCN(c2ccccc2)C1. The molecule has 0 saturated carbocycles. The third-order valence-corrected chi connectivity index (χ3v) is 5.08. The second kappa shape index (κ2) is 10.5. The van der Waals surface area contributed by atoms with Crippen LogP contribution in [0.4, 0.5) is 5.69 Å². The van der Waals surface area contributed by atoms with E-state index in [1.165, 1.54) is 19.9 Å². The van der Waals surface area contributed by atoms with Gasteiger partial charge in [0.1, 0.15) is 11.3 Å². The van der Waals surface area contributed by atoms with Gasteiger partial charge >= 0.3 is 5.97 Å². The molecule has 7 nitrogen and oxygen atoms in total. The van der Waals surface area contributed by atoms with E-state index in [9.17, 15) is 4.79 Å². The highest BCUT2D eigenvalue weighted by Crippen LogP contribution is 2.22. The van der Waals surface area contributed by atoms with Crippen LogP contribution in [0.15, 0.2) is 53.5 Å². The third kappa shape index (κ3) is 5.43. The van der Waals surface area contributed by atoms with E-state index in [4.69, 9.17) is 14.5 Å². The molecule has 1 unspecified atom stereocenters. The predicted molar refractivity (Wildman–Crippen MR) is 119 cm³/mol. The molecule has 0 aliphatic carbocycles. The molecule has 1 heterocycles. The number of esters is 1. The van der Waals surface area contributed by atoms with Gasteiger partial charge in [-0.05, 0) is 43.2 Å². The topological polar surface area (TPSA) is 75.2 Å². The Kier molecular flexibility index (Phi) is 7.54. The summed E-state index contributed by atoms with van der Waals surface area (Å²) in [6.07, 6.45) is 1.05. The van der Waals surface area contributed by atoms with Crippen LogP contribution in [0.3, 0.4) is 0 Å². The van der Waals surface area contributed by atoms with Gasteiger partial charge in [0, 0.05) is 31.4 Å². The number of guanidine groups is 1. The summed E-state index contributed by atoms with van der Waals surface area (Å²) in [4.78, 5) is 19.1. The zero-order valence-corrected chi connectivity index (χ0v) is 17.9. The van der Waals surface area contributed by atoms with Crippen LogP contribution in [0.2, 0.25) is 0 Å². The molecule has 1 saturated heterocycles. The van der Waals surface area contributed by atoms with Crippen molar-refractivity contribution in [2.45, 2.75) is 25.9 Å². The van der Waals surface area contributed by atoms with E-state index in [1.54, 1.807) is 12.1 Å². The fourth-order valence-electron chi connectivity index (χ4n) is 3.56. The second-order valence-corrected chi connectivity index (χ2v) is 7.13. The summed E-state index contributed by atoms with van der Waals surface area (Å²) in [5.41, 5.74) is 2.56. The summed E-state index contributed by atoms with van der Waals surface area (Å²) in [5.74, 6) is 0.842. The van der Waals surface area contributed by atoms with E-state index < -0.39 is 5.97 Å². The van der Waals surface area contributed by atoms with Crippen LogP contribution in [0.1, 0.15) is 29.3 Å². The molecule has 0 bridgehead atoms. The first-order valence-corrected chi connectivity index (χ1v) is 10.2. The maximum Gasteiger partial charge on any atom is 0.341 e. The number of nitrogens with zero attached hydrogens (tertiary/aromatic N) is 2. The zero-order valence-electron chi connectivity index (χ0n) is 17.9. The minimum atomic E-state index is -0.422. The van der Waals surface area contributed by atoms with E-state index in [1.807, 2.05) is 19.1 Å². The van der Waals surface area contributed by atoms with E-state index >= 15 is 0 Å². The average molecular weight is 411 g/mol. The van der Waals surface area contributed by atoms with Gasteiger partial charge in [-0.1, -0.05) is 24.3 Å². The Balaban J connectivity index is 1.66. The minimum absolute atomic E-state index is 0.324. The lowest BCUT2D eigenvalue weighted by atomic mass is 10.1. The van der Waals surface area contributed by atoms with Gasteiger partial charge < -0.3 is 25.0 Å². The monoisotopic (exact) mass is 410 g/mol. The van der Waals surface area contributed by atoms with Crippen LogP contribution in [0.25, 0.3) is 0 Å². The van der Waals surface area contributed by atoms with E-state index in [0.29, 0.717) is 23.9 Å². The van der Waals surface area contributed by atoms with Crippen molar-refractivity contribution < 1.29 is 14.3 Å². The maximum atomic E-state index is 12.0. The van der Waals surface area contributed by atoms with Crippen molar-refractivity contribution in [3.63, 3.8) is 0 Å². The molecule has 0 radical (unpaired) electrons. The largest absolute Gasteiger partial charge is 0.496 e. The van der Waals surface area contributed by atoms with Gasteiger partial charge in [0.25, 0.3) is 0 Å². The number of methoxy groups -OCH3 is 2. The van der Waals surface area contributed by atoms with E-state index in [-0.39, 0.29) is 0 Å². The molecule has 0 amide bonds. The number of hydrogen-bond acceptors (Lipinski definition) is 5. The van der Waals surface area contributed by atoms with Crippen molar-refractivity contribution in [1.82, 2.24) is 10.6 Å². The number of anilines is 1. The third-order valence-electron chi connectivity index (χ3n) is 5.08. The molecule has 2 N–H and O–H groups in total. The molecular formula is C23H30N4O3. The summed E-state index contributed by atoms with van der Waals surface area (Å²) in [7, 11) is 2.90. The smallest absolute Gasteiger partial charge is 0.341 e. The molecule has 0 spiro atoms. The zero-order chi connectivity index (χ0) is 21.3. The number of nitrogens with one attached hydrogen (secondary N) is 2. The van der Waals surface area contributed by atoms with Gasteiger partial charge in [-0.15, -0.1) is 0 Å². The maximum absolute atomic E-state index is 12.0. The number of para-hydroxylation sites is 1. The highest BCUT2D eigenvalue weighted by molar-refractivity contribution is 5.92. The van der Waals surface area contributed by atoms with Gasteiger partial charge in [0.15, 0.2) is 5.96 Å². The minimum Gasteiger partial charge on any atom is -0.496 e. The molecule has 1 fully saturated rings. The molecule has 7 heteroatoms. The quantitative estimate of drug-likeness (QED) is 0.415. The lowest BCUT2D eigenvalue weighted by Crippen LogP contribution is -2.44. The van der Waals surface area contributed by atoms with Gasteiger partial charge in [-0.25, -0.2) is 9.79 Å². The molecule has 2 aromatic carbocycles. The lowest BCUT2D eigenvalue weighted by molar-refractivity contribution is 0.0597. The Bertz CT molecular complexity index is 870. The van der Waals surface area contributed by atoms with Crippen LogP contribution in [-0.2, 0) is 11.3 Å². The molecule has 1 aliphatic heterocycles. The van der Waals surface area contributed by atoms with Gasteiger partial charge in [-0.3, -0.25) is 0 Å². The number of benzene rings is 2. The van der Waals surface area contributed by atoms with Crippen LogP contribution in [-0.4, -0.2) is 51.8 Å². The highest BCUT2D eigenvalue weighted by atomic mass is 16.5. The molecule has 30 heavy (non-hydrogen) atoms. The Hall–Kier alpha value is -3.22. The first-order valence-electron chi connectivity index (χ1n) is 10.2. The predicted octanol–water partition coefficient (Wildman–Crippen LogP) is 2.82. The Morgan fingerprint density at radius 3 is 2.70 bits per heavy atom.